The Balaban J connectivity index is 1.70. The SMILES string of the molecule is CCCn1cc(-c2ccnc(Nc3ccc(S(N)(=O)=O)cc3)n2)c2ccnc(Cl)c21. The number of hydrogen-bond donors (Lipinski definition) is 2. The molecule has 30 heavy (non-hydrogen) atoms. The first-order valence-electron chi connectivity index (χ1n) is 9.23. The average Bonchev–Trinajstić information content (AvgIpc) is 3.08. The van der Waals surface area contributed by atoms with Crippen molar-refractivity contribution in [2.75, 3.05) is 5.32 Å². The summed E-state index contributed by atoms with van der Waals surface area (Å²) in [6, 6.07) is 9.81. The molecule has 0 aliphatic carbocycles. The zero-order valence-corrected chi connectivity index (χ0v) is 17.7. The van der Waals surface area contributed by atoms with Crippen molar-refractivity contribution in [2.45, 2.75) is 24.8 Å². The van der Waals surface area contributed by atoms with Gasteiger partial charge in [-0.15, -0.1) is 0 Å². The fraction of sp³-hybridized carbons (Fsp3) is 0.150. The van der Waals surface area contributed by atoms with E-state index in [4.69, 9.17) is 16.7 Å². The first kappa shape index (κ1) is 20.3. The number of nitrogens with two attached hydrogens (primary N) is 1. The summed E-state index contributed by atoms with van der Waals surface area (Å²) in [5, 5.41) is 9.63. The number of halogens is 1. The van der Waals surface area contributed by atoms with Crippen LogP contribution in [0.1, 0.15) is 13.3 Å². The zero-order chi connectivity index (χ0) is 21.3. The molecular weight excluding hydrogens is 424 g/mol. The molecule has 10 heteroatoms. The lowest BCUT2D eigenvalue weighted by Crippen LogP contribution is -2.11. The predicted octanol–water partition coefficient (Wildman–Crippen LogP) is 3.95. The summed E-state index contributed by atoms with van der Waals surface area (Å²) in [5.41, 5.74) is 3.18. The van der Waals surface area contributed by atoms with Crippen molar-refractivity contribution in [3.05, 3.63) is 60.1 Å². The van der Waals surface area contributed by atoms with Gasteiger partial charge in [0.15, 0.2) is 5.15 Å². The van der Waals surface area contributed by atoms with Crippen LogP contribution in [0.25, 0.3) is 22.2 Å². The van der Waals surface area contributed by atoms with Gasteiger partial charge in [-0.1, -0.05) is 18.5 Å². The van der Waals surface area contributed by atoms with E-state index in [-0.39, 0.29) is 4.90 Å². The third-order valence-corrected chi connectivity index (χ3v) is 5.78. The van der Waals surface area contributed by atoms with Gasteiger partial charge in [0.2, 0.25) is 16.0 Å². The number of nitrogens with one attached hydrogen (secondary N) is 1. The Morgan fingerprint density at radius 3 is 2.53 bits per heavy atom. The molecule has 1 aromatic carbocycles. The van der Waals surface area contributed by atoms with E-state index in [1.165, 1.54) is 12.1 Å². The second-order valence-electron chi connectivity index (χ2n) is 6.69. The Morgan fingerprint density at radius 1 is 1.10 bits per heavy atom. The van der Waals surface area contributed by atoms with Gasteiger partial charge in [0, 0.05) is 41.8 Å². The molecule has 0 atom stereocenters. The van der Waals surface area contributed by atoms with Gasteiger partial charge < -0.3 is 9.88 Å². The number of aryl methyl sites for hydroxylation is 1. The van der Waals surface area contributed by atoms with Crippen molar-refractivity contribution in [1.29, 1.82) is 0 Å². The number of benzene rings is 1. The first-order chi connectivity index (χ1) is 14.4. The summed E-state index contributed by atoms with van der Waals surface area (Å²) in [7, 11) is -3.74. The first-order valence-corrected chi connectivity index (χ1v) is 11.2. The summed E-state index contributed by atoms with van der Waals surface area (Å²) >= 11 is 6.35. The predicted molar refractivity (Wildman–Crippen MR) is 117 cm³/mol. The molecular formula is C20H19ClN6O2S. The van der Waals surface area contributed by atoms with Crippen LogP contribution in [0.2, 0.25) is 5.15 Å². The van der Waals surface area contributed by atoms with Gasteiger partial charge in [-0.3, -0.25) is 0 Å². The van der Waals surface area contributed by atoms with E-state index in [2.05, 4.69) is 31.8 Å². The van der Waals surface area contributed by atoms with E-state index >= 15 is 0 Å². The maximum atomic E-state index is 11.4. The number of sulfonamides is 1. The molecule has 0 aliphatic rings. The molecule has 0 radical (unpaired) electrons. The van der Waals surface area contributed by atoms with E-state index in [0.717, 1.165) is 35.1 Å². The highest BCUT2D eigenvalue weighted by atomic mass is 35.5. The summed E-state index contributed by atoms with van der Waals surface area (Å²) in [6.45, 7) is 2.91. The van der Waals surface area contributed by atoms with E-state index < -0.39 is 10.0 Å². The Morgan fingerprint density at radius 2 is 1.83 bits per heavy atom. The van der Waals surface area contributed by atoms with Gasteiger partial charge in [-0.25, -0.2) is 28.5 Å². The summed E-state index contributed by atoms with van der Waals surface area (Å²) in [4.78, 5) is 13.1. The van der Waals surface area contributed by atoms with Crippen molar-refractivity contribution in [2.24, 2.45) is 5.14 Å². The van der Waals surface area contributed by atoms with Crippen molar-refractivity contribution in [1.82, 2.24) is 19.5 Å². The van der Waals surface area contributed by atoms with Crippen LogP contribution in [0.3, 0.4) is 0 Å². The quantitative estimate of drug-likeness (QED) is 0.437. The van der Waals surface area contributed by atoms with Crippen LogP contribution in [0.5, 0.6) is 0 Å². The van der Waals surface area contributed by atoms with Crippen molar-refractivity contribution in [3.63, 3.8) is 0 Å². The van der Waals surface area contributed by atoms with Gasteiger partial charge in [-0.2, -0.15) is 0 Å². The molecule has 154 valence electrons. The van der Waals surface area contributed by atoms with Crippen LogP contribution in [-0.2, 0) is 16.6 Å². The normalized spacial score (nSPS) is 11.7. The zero-order valence-electron chi connectivity index (χ0n) is 16.1. The second kappa shape index (κ2) is 8.02. The minimum absolute atomic E-state index is 0.0388. The van der Waals surface area contributed by atoms with E-state index in [1.54, 1.807) is 24.5 Å². The van der Waals surface area contributed by atoms with E-state index in [0.29, 0.717) is 16.8 Å². The fourth-order valence-corrected chi connectivity index (χ4v) is 4.04. The average molecular weight is 443 g/mol. The number of fused-ring (bicyclic) bond motifs is 1. The number of hydrogen-bond acceptors (Lipinski definition) is 6. The molecule has 0 saturated heterocycles. The number of rotatable bonds is 6. The molecule has 0 unspecified atom stereocenters. The highest BCUT2D eigenvalue weighted by Crippen LogP contribution is 2.33. The van der Waals surface area contributed by atoms with E-state index in [1.807, 2.05) is 18.3 Å². The lowest BCUT2D eigenvalue weighted by atomic mass is 10.1. The van der Waals surface area contributed by atoms with Crippen LogP contribution in [0.15, 0.2) is 59.9 Å². The van der Waals surface area contributed by atoms with Gasteiger partial charge in [0.1, 0.15) is 0 Å². The smallest absolute Gasteiger partial charge is 0.238 e. The molecule has 3 N–H and O–H groups in total. The van der Waals surface area contributed by atoms with Crippen LogP contribution in [0, 0.1) is 0 Å². The molecule has 4 rings (SSSR count). The minimum atomic E-state index is -3.74. The number of primary sulfonamides is 1. The Bertz CT molecular complexity index is 1320. The Kier molecular flexibility index (Phi) is 5.42. The van der Waals surface area contributed by atoms with Crippen LogP contribution in [-0.4, -0.2) is 27.9 Å². The highest BCUT2D eigenvalue weighted by molar-refractivity contribution is 7.89. The molecule has 4 aromatic rings. The molecule has 0 spiro atoms. The lowest BCUT2D eigenvalue weighted by Gasteiger charge is -2.07. The third-order valence-electron chi connectivity index (χ3n) is 4.58. The summed E-state index contributed by atoms with van der Waals surface area (Å²) < 4.78 is 24.9. The van der Waals surface area contributed by atoms with Gasteiger partial charge >= 0.3 is 0 Å². The van der Waals surface area contributed by atoms with Crippen molar-refractivity contribution in [3.8, 4) is 11.3 Å². The van der Waals surface area contributed by atoms with Gasteiger partial charge in [0.25, 0.3) is 0 Å². The van der Waals surface area contributed by atoms with Crippen LogP contribution >= 0.6 is 11.6 Å². The number of aromatic nitrogens is 4. The van der Waals surface area contributed by atoms with Crippen molar-refractivity contribution < 1.29 is 8.42 Å². The molecule has 3 aromatic heterocycles. The van der Waals surface area contributed by atoms with E-state index in [9.17, 15) is 8.42 Å². The Labute approximate surface area is 178 Å². The second-order valence-corrected chi connectivity index (χ2v) is 8.61. The summed E-state index contributed by atoms with van der Waals surface area (Å²) in [5.74, 6) is 0.382. The molecule has 0 bridgehead atoms. The molecule has 3 heterocycles. The molecule has 0 aliphatic heterocycles. The third kappa shape index (κ3) is 4.00. The van der Waals surface area contributed by atoms with Gasteiger partial charge in [-0.05, 0) is 42.8 Å². The van der Waals surface area contributed by atoms with Crippen molar-refractivity contribution >= 4 is 44.2 Å². The monoisotopic (exact) mass is 442 g/mol. The number of anilines is 2. The minimum Gasteiger partial charge on any atom is -0.344 e. The standard InChI is InChI=1S/C20H19ClN6O2S/c1-2-11-27-12-16(15-7-9-23-19(21)18(15)27)17-8-10-24-20(26-17)25-13-3-5-14(6-4-13)30(22,28)29/h3-10,12H,2,11H2,1H3,(H2,22,28,29)(H,24,25,26). The lowest BCUT2D eigenvalue weighted by molar-refractivity contribution is 0.598. The van der Waals surface area contributed by atoms with Crippen LogP contribution in [0.4, 0.5) is 11.6 Å². The maximum Gasteiger partial charge on any atom is 0.238 e. The fourth-order valence-electron chi connectivity index (χ4n) is 3.26. The molecule has 0 amide bonds. The Hall–Kier alpha value is -3.01. The summed E-state index contributed by atoms with van der Waals surface area (Å²) in [6.07, 6.45) is 6.32. The van der Waals surface area contributed by atoms with Gasteiger partial charge in [0.05, 0.1) is 16.1 Å². The largest absolute Gasteiger partial charge is 0.344 e. The number of pyridine rings is 1. The topological polar surface area (TPSA) is 116 Å². The molecule has 0 fully saturated rings. The maximum absolute atomic E-state index is 11.4. The molecule has 0 saturated carbocycles. The van der Waals surface area contributed by atoms with Crippen LogP contribution < -0.4 is 10.5 Å². The molecule has 8 nitrogen and oxygen atoms in total. The number of nitrogens with zero attached hydrogens (tertiary/aromatic N) is 4. The highest BCUT2D eigenvalue weighted by Gasteiger charge is 2.15.